The Morgan fingerprint density at radius 1 is 1.20 bits per heavy atom. The van der Waals surface area contributed by atoms with Crippen molar-refractivity contribution < 1.29 is 14.3 Å². The number of amides is 2. The number of fused-ring (bicyclic) bond motifs is 2. The van der Waals surface area contributed by atoms with Crippen LogP contribution < -0.4 is 15.0 Å². The van der Waals surface area contributed by atoms with E-state index in [9.17, 15) is 9.59 Å². The predicted molar refractivity (Wildman–Crippen MR) is 94.9 cm³/mol. The van der Waals surface area contributed by atoms with Crippen LogP contribution in [0.1, 0.15) is 10.4 Å². The summed E-state index contributed by atoms with van der Waals surface area (Å²) < 4.78 is 5.41. The number of aromatic amines is 1. The van der Waals surface area contributed by atoms with Gasteiger partial charge in [-0.2, -0.15) is 0 Å². The summed E-state index contributed by atoms with van der Waals surface area (Å²) in [6.45, 7) is 0.788. The summed E-state index contributed by atoms with van der Waals surface area (Å²) in [6, 6.07) is 14.8. The van der Waals surface area contributed by atoms with Crippen LogP contribution in [0.15, 0.2) is 54.7 Å². The molecule has 0 aliphatic carbocycles. The predicted octanol–water partition coefficient (Wildman–Crippen LogP) is 2.32. The molecule has 6 heteroatoms. The summed E-state index contributed by atoms with van der Waals surface area (Å²) in [5.74, 6) is 0.421. The van der Waals surface area contributed by atoms with Crippen molar-refractivity contribution in [3.63, 3.8) is 0 Å². The molecule has 0 radical (unpaired) electrons. The Labute approximate surface area is 144 Å². The molecule has 0 saturated carbocycles. The molecular formula is C19H17N3O3. The van der Waals surface area contributed by atoms with Gasteiger partial charge in [0.15, 0.2) is 6.61 Å². The van der Waals surface area contributed by atoms with Gasteiger partial charge >= 0.3 is 0 Å². The van der Waals surface area contributed by atoms with Crippen molar-refractivity contribution in [2.24, 2.45) is 0 Å². The lowest BCUT2D eigenvalue weighted by atomic mass is 10.1. The van der Waals surface area contributed by atoms with Crippen LogP contribution in [0, 0.1) is 0 Å². The van der Waals surface area contributed by atoms with E-state index in [0.717, 1.165) is 16.6 Å². The first-order valence-corrected chi connectivity index (χ1v) is 8.10. The van der Waals surface area contributed by atoms with Gasteiger partial charge in [-0.15, -0.1) is 0 Å². The average molecular weight is 335 g/mol. The Morgan fingerprint density at radius 3 is 3.00 bits per heavy atom. The monoisotopic (exact) mass is 335 g/mol. The largest absolute Gasteiger partial charge is 0.482 e. The molecule has 126 valence electrons. The van der Waals surface area contributed by atoms with Crippen molar-refractivity contribution in [3.05, 3.63) is 60.3 Å². The van der Waals surface area contributed by atoms with Gasteiger partial charge in [-0.1, -0.05) is 12.1 Å². The highest BCUT2D eigenvalue weighted by Crippen LogP contribution is 2.30. The molecule has 6 nitrogen and oxygen atoms in total. The zero-order chi connectivity index (χ0) is 17.2. The number of anilines is 1. The van der Waals surface area contributed by atoms with E-state index in [4.69, 9.17) is 4.74 Å². The molecule has 3 aromatic rings. The molecule has 2 aromatic carbocycles. The van der Waals surface area contributed by atoms with Crippen LogP contribution in [0.4, 0.5) is 5.69 Å². The lowest BCUT2D eigenvalue weighted by Crippen LogP contribution is -2.43. The molecule has 1 aromatic heterocycles. The van der Waals surface area contributed by atoms with E-state index in [1.165, 1.54) is 0 Å². The Morgan fingerprint density at radius 2 is 2.08 bits per heavy atom. The SMILES string of the molecule is O=C(NCCN1C(=O)COc2ccccc21)c1ccc2[nH]ccc2c1. The van der Waals surface area contributed by atoms with Crippen LogP contribution in [0.5, 0.6) is 5.75 Å². The fourth-order valence-corrected chi connectivity index (χ4v) is 2.98. The number of para-hydroxylation sites is 2. The molecule has 0 unspecified atom stereocenters. The zero-order valence-electron chi connectivity index (χ0n) is 13.5. The summed E-state index contributed by atoms with van der Waals surface area (Å²) in [5.41, 5.74) is 2.33. The average Bonchev–Trinajstić information content (AvgIpc) is 3.11. The van der Waals surface area contributed by atoms with Gasteiger partial charge in [0.1, 0.15) is 5.75 Å². The quantitative estimate of drug-likeness (QED) is 0.768. The van der Waals surface area contributed by atoms with Gasteiger partial charge in [-0.25, -0.2) is 0 Å². The lowest BCUT2D eigenvalue weighted by molar-refractivity contribution is -0.121. The summed E-state index contributed by atoms with van der Waals surface area (Å²) in [5, 5.41) is 3.86. The zero-order valence-corrected chi connectivity index (χ0v) is 13.5. The van der Waals surface area contributed by atoms with Crippen molar-refractivity contribution in [1.29, 1.82) is 0 Å². The van der Waals surface area contributed by atoms with Gasteiger partial charge in [-0.3, -0.25) is 9.59 Å². The van der Waals surface area contributed by atoms with Gasteiger partial charge in [-0.05, 0) is 36.4 Å². The normalized spacial score (nSPS) is 13.4. The van der Waals surface area contributed by atoms with Gasteiger partial charge in [0, 0.05) is 35.8 Å². The van der Waals surface area contributed by atoms with Gasteiger partial charge < -0.3 is 19.9 Å². The summed E-state index contributed by atoms with van der Waals surface area (Å²) in [6.07, 6.45) is 1.84. The molecule has 0 fully saturated rings. The Hall–Kier alpha value is -3.28. The van der Waals surface area contributed by atoms with E-state index in [0.29, 0.717) is 24.4 Å². The maximum absolute atomic E-state index is 12.3. The molecule has 0 bridgehead atoms. The van der Waals surface area contributed by atoms with Crippen LogP contribution >= 0.6 is 0 Å². The van der Waals surface area contributed by atoms with Crippen LogP contribution in [0.25, 0.3) is 10.9 Å². The van der Waals surface area contributed by atoms with Gasteiger partial charge in [0.2, 0.25) is 0 Å². The number of hydrogen-bond acceptors (Lipinski definition) is 3. The van der Waals surface area contributed by atoms with Crippen LogP contribution in [-0.4, -0.2) is 36.5 Å². The second-order valence-electron chi connectivity index (χ2n) is 5.84. The molecule has 4 rings (SSSR count). The first-order valence-electron chi connectivity index (χ1n) is 8.10. The molecule has 1 aliphatic heterocycles. The van der Waals surface area contributed by atoms with Crippen molar-refractivity contribution in [2.75, 3.05) is 24.6 Å². The lowest BCUT2D eigenvalue weighted by Gasteiger charge is -2.29. The Balaban J connectivity index is 1.42. The topological polar surface area (TPSA) is 74.4 Å². The Bertz CT molecular complexity index is 948. The molecular weight excluding hydrogens is 318 g/mol. The third kappa shape index (κ3) is 2.94. The molecule has 25 heavy (non-hydrogen) atoms. The van der Waals surface area contributed by atoms with Gasteiger partial charge in [0.05, 0.1) is 5.69 Å². The molecule has 1 aliphatic rings. The highest BCUT2D eigenvalue weighted by Gasteiger charge is 2.24. The maximum atomic E-state index is 12.3. The van der Waals surface area contributed by atoms with Crippen molar-refractivity contribution >= 4 is 28.4 Å². The molecule has 2 N–H and O–H groups in total. The van der Waals surface area contributed by atoms with E-state index in [1.54, 1.807) is 11.0 Å². The van der Waals surface area contributed by atoms with Crippen molar-refractivity contribution in [1.82, 2.24) is 10.3 Å². The number of rotatable bonds is 4. The van der Waals surface area contributed by atoms with Crippen molar-refractivity contribution in [2.45, 2.75) is 0 Å². The molecule has 0 spiro atoms. The fourth-order valence-electron chi connectivity index (χ4n) is 2.98. The van der Waals surface area contributed by atoms with E-state index < -0.39 is 0 Å². The maximum Gasteiger partial charge on any atom is 0.265 e. The molecule has 2 heterocycles. The standard InChI is InChI=1S/C19H17N3O3/c23-18-12-25-17-4-2-1-3-16(17)22(18)10-9-21-19(24)14-5-6-15-13(11-14)7-8-20-15/h1-8,11,20H,9-10,12H2,(H,21,24). The number of carbonyl (C=O) groups excluding carboxylic acids is 2. The third-order valence-corrected chi connectivity index (χ3v) is 4.24. The minimum Gasteiger partial charge on any atom is -0.482 e. The van der Waals surface area contributed by atoms with Crippen LogP contribution in [0.2, 0.25) is 0 Å². The van der Waals surface area contributed by atoms with Crippen LogP contribution in [-0.2, 0) is 4.79 Å². The van der Waals surface area contributed by atoms with E-state index in [-0.39, 0.29) is 18.4 Å². The second kappa shape index (κ2) is 6.32. The van der Waals surface area contributed by atoms with E-state index in [1.807, 2.05) is 48.7 Å². The van der Waals surface area contributed by atoms with Gasteiger partial charge in [0.25, 0.3) is 11.8 Å². The number of carbonyl (C=O) groups is 2. The van der Waals surface area contributed by atoms with Crippen LogP contribution in [0.3, 0.4) is 0 Å². The Kier molecular flexibility index (Phi) is 3.85. The third-order valence-electron chi connectivity index (χ3n) is 4.24. The molecule has 0 saturated heterocycles. The minimum atomic E-state index is -0.155. The van der Waals surface area contributed by atoms with E-state index >= 15 is 0 Å². The van der Waals surface area contributed by atoms with E-state index in [2.05, 4.69) is 10.3 Å². The number of nitrogens with zero attached hydrogens (tertiary/aromatic N) is 1. The first kappa shape index (κ1) is 15.3. The number of ether oxygens (including phenoxy) is 1. The fraction of sp³-hybridized carbons (Fsp3) is 0.158. The second-order valence-corrected chi connectivity index (χ2v) is 5.84. The van der Waals surface area contributed by atoms with Crippen molar-refractivity contribution in [3.8, 4) is 5.75 Å². The molecule has 2 amide bonds. The molecule has 0 atom stereocenters. The smallest absolute Gasteiger partial charge is 0.265 e. The minimum absolute atomic E-state index is 0.0229. The number of hydrogen-bond donors (Lipinski definition) is 2. The number of H-pyrrole nitrogens is 1. The first-order chi connectivity index (χ1) is 12.2. The highest BCUT2D eigenvalue weighted by atomic mass is 16.5. The summed E-state index contributed by atoms with van der Waals surface area (Å²) in [7, 11) is 0. The number of benzene rings is 2. The summed E-state index contributed by atoms with van der Waals surface area (Å²) in [4.78, 5) is 29.2. The highest BCUT2D eigenvalue weighted by molar-refractivity contribution is 5.99. The number of aromatic nitrogens is 1. The number of nitrogens with one attached hydrogen (secondary N) is 2. The summed E-state index contributed by atoms with van der Waals surface area (Å²) >= 11 is 0.